The Balaban J connectivity index is 1.92. The Morgan fingerprint density at radius 1 is 1.22 bits per heavy atom. The SMILES string of the molecule is COc1ccc(Cl)cc1N=c1oc2c(C)ncc(CO)c2cc1C(=O)Nc1cccc(C(F)(F)F)c1. The Bertz CT molecular complexity index is 1530. The quantitative estimate of drug-likeness (QED) is 0.349. The predicted molar refractivity (Wildman–Crippen MR) is 127 cm³/mol. The van der Waals surface area contributed by atoms with Crippen LogP contribution >= 0.6 is 11.6 Å². The number of fused-ring (bicyclic) bond motifs is 1. The van der Waals surface area contributed by atoms with Crippen molar-refractivity contribution in [2.75, 3.05) is 12.4 Å². The molecule has 1 amide bonds. The van der Waals surface area contributed by atoms with Gasteiger partial charge in [0, 0.05) is 27.9 Å². The second-order valence-electron chi connectivity index (χ2n) is 7.70. The number of aliphatic hydroxyl groups excluding tert-OH is 1. The largest absolute Gasteiger partial charge is 0.494 e. The van der Waals surface area contributed by atoms with Gasteiger partial charge in [0.1, 0.15) is 17.0 Å². The van der Waals surface area contributed by atoms with Crippen LogP contribution in [0.1, 0.15) is 27.2 Å². The maximum Gasteiger partial charge on any atom is 0.416 e. The molecule has 0 unspecified atom stereocenters. The molecule has 186 valence electrons. The van der Waals surface area contributed by atoms with Gasteiger partial charge in [-0.2, -0.15) is 13.2 Å². The molecule has 0 aliphatic rings. The first-order chi connectivity index (χ1) is 17.1. The van der Waals surface area contributed by atoms with E-state index in [1.165, 1.54) is 37.6 Å². The molecule has 4 aromatic rings. The number of pyridine rings is 1. The summed E-state index contributed by atoms with van der Waals surface area (Å²) >= 11 is 6.11. The van der Waals surface area contributed by atoms with Gasteiger partial charge < -0.3 is 19.6 Å². The summed E-state index contributed by atoms with van der Waals surface area (Å²) in [6.45, 7) is 1.30. The molecular formula is C25H19ClF3N3O4. The van der Waals surface area contributed by atoms with Crippen LogP contribution in [0, 0.1) is 6.92 Å². The molecule has 0 atom stereocenters. The van der Waals surface area contributed by atoms with E-state index in [0.29, 0.717) is 27.4 Å². The topological polar surface area (TPSA) is 97.0 Å². The molecule has 0 radical (unpaired) electrons. The number of aliphatic hydroxyl groups is 1. The molecule has 0 fully saturated rings. The second-order valence-corrected chi connectivity index (χ2v) is 8.13. The number of ether oxygens (including phenoxy) is 1. The van der Waals surface area contributed by atoms with Gasteiger partial charge in [-0.25, -0.2) is 4.99 Å². The number of carbonyl (C=O) groups is 1. The molecule has 0 spiro atoms. The Morgan fingerprint density at radius 3 is 2.69 bits per heavy atom. The highest BCUT2D eigenvalue weighted by molar-refractivity contribution is 6.30. The van der Waals surface area contributed by atoms with Gasteiger partial charge in [0.2, 0.25) is 5.55 Å². The van der Waals surface area contributed by atoms with Crippen molar-refractivity contribution in [1.82, 2.24) is 4.98 Å². The minimum absolute atomic E-state index is 0.0745. The molecule has 2 aromatic carbocycles. The molecule has 2 N–H and O–H groups in total. The molecule has 0 aliphatic carbocycles. The zero-order valence-corrected chi connectivity index (χ0v) is 19.7. The van der Waals surface area contributed by atoms with Crippen molar-refractivity contribution in [2.45, 2.75) is 19.7 Å². The van der Waals surface area contributed by atoms with Crippen molar-refractivity contribution < 1.29 is 32.2 Å². The Labute approximate surface area is 207 Å². The van der Waals surface area contributed by atoms with Crippen molar-refractivity contribution in [2.24, 2.45) is 4.99 Å². The fourth-order valence-corrected chi connectivity index (χ4v) is 3.66. The number of carbonyl (C=O) groups excluding carboxylic acids is 1. The van der Waals surface area contributed by atoms with E-state index in [-0.39, 0.29) is 34.7 Å². The van der Waals surface area contributed by atoms with E-state index in [4.69, 9.17) is 20.8 Å². The summed E-state index contributed by atoms with van der Waals surface area (Å²) in [5.41, 5.74) is 0.147. The van der Waals surface area contributed by atoms with E-state index in [2.05, 4.69) is 15.3 Å². The Hall–Kier alpha value is -3.89. The van der Waals surface area contributed by atoms with E-state index in [1.54, 1.807) is 19.1 Å². The molecule has 4 rings (SSSR count). The van der Waals surface area contributed by atoms with Crippen LogP contribution in [-0.2, 0) is 12.8 Å². The highest BCUT2D eigenvalue weighted by Gasteiger charge is 2.30. The second kappa shape index (κ2) is 10.00. The molecular weight excluding hydrogens is 499 g/mol. The number of hydrogen-bond donors (Lipinski definition) is 2. The normalized spacial score (nSPS) is 12.1. The third-order valence-electron chi connectivity index (χ3n) is 5.28. The molecule has 0 aliphatic heterocycles. The highest BCUT2D eigenvalue weighted by atomic mass is 35.5. The van der Waals surface area contributed by atoms with Crippen LogP contribution in [0.3, 0.4) is 0 Å². The van der Waals surface area contributed by atoms with E-state index >= 15 is 0 Å². The summed E-state index contributed by atoms with van der Waals surface area (Å²) in [5, 5.41) is 13.0. The fourth-order valence-electron chi connectivity index (χ4n) is 3.49. The summed E-state index contributed by atoms with van der Waals surface area (Å²) in [4.78, 5) is 21.9. The number of rotatable bonds is 5. The molecule has 2 aromatic heterocycles. The van der Waals surface area contributed by atoms with Crippen LogP contribution in [0.5, 0.6) is 5.75 Å². The number of methoxy groups -OCH3 is 1. The van der Waals surface area contributed by atoms with Gasteiger partial charge in [0.25, 0.3) is 5.91 Å². The maximum atomic E-state index is 13.3. The monoisotopic (exact) mass is 517 g/mol. The van der Waals surface area contributed by atoms with Crippen molar-refractivity contribution in [3.63, 3.8) is 0 Å². The number of aryl methyl sites for hydroxylation is 1. The first kappa shape index (κ1) is 25.2. The minimum atomic E-state index is -4.58. The van der Waals surface area contributed by atoms with Gasteiger partial charge in [0.05, 0.1) is 25.0 Å². The molecule has 0 saturated heterocycles. The number of amides is 1. The van der Waals surface area contributed by atoms with E-state index in [9.17, 15) is 23.1 Å². The first-order valence-corrected chi connectivity index (χ1v) is 10.9. The number of anilines is 1. The predicted octanol–water partition coefficient (Wildman–Crippen LogP) is 5.79. The Kier molecular flexibility index (Phi) is 7.00. The van der Waals surface area contributed by atoms with E-state index in [0.717, 1.165) is 12.1 Å². The third-order valence-corrected chi connectivity index (χ3v) is 5.51. The summed E-state index contributed by atoms with van der Waals surface area (Å²) < 4.78 is 50.7. The standard InChI is InChI=1S/C25H19ClF3N3O4/c1-13-22-18(14(12-33)11-30-13)10-19(23(34)31-17-5-3-4-15(8-17)25(27,28)29)24(36-22)32-20-9-16(26)6-7-21(20)35-2/h3-11,33H,12H2,1-2H3,(H,31,34). The third kappa shape index (κ3) is 5.19. The maximum absolute atomic E-state index is 13.3. The zero-order valence-electron chi connectivity index (χ0n) is 19.0. The fraction of sp³-hybridized carbons (Fsp3) is 0.160. The average Bonchev–Trinajstić information content (AvgIpc) is 2.84. The molecule has 0 bridgehead atoms. The number of nitrogens with one attached hydrogen (secondary N) is 1. The van der Waals surface area contributed by atoms with Crippen molar-refractivity contribution in [3.05, 3.63) is 87.7 Å². The lowest BCUT2D eigenvalue weighted by Gasteiger charge is -2.12. The van der Waals surface area contributed by atoms with Crippen LogP contribution in [-0.4, -0.2) is 23.1 Å². The van der Waals surface area contributed by atoms with Crippen LogP contribution in [0.25, 0.3) is 11.0 Å². The average molecular weight is 518 g/mol. The van der Waals surface area contributed by atoms with Crippen molar-refractivity contribution in [1.29, 1.82) is 0 Å². The molecule has 7 nitrogen and oxygen atoms in total. The highest BCUT2D eigenvalue weighted by Crippen LogP contribution is 2.32. The number of aromatic nitrogens is 1. The van der Waals surface area contributed by atoms with Gasteiger partial charge in [-0.3, -0.25) is 9.78 Å². The number of nitrogens with zero attached hydrogens (tertiary/aromatic N) is 2. The van der Waals surface area contributed by atoms with Crippen molar-refractivity contribution in [3.8, 4) is 5.75 Å². The van der Waals surface area contributed by atoms with E-state index < -0.39 is 17.6 Å². The molecule has 0 saturated carbocycles. The van der Waals surface area contributed by atoms with E-state index in [1.807, 2.05) is 0 Å². The van der Waals surface area contributed by atoms with Gasteiger partial charge in [-0.05, 0) is 49.4 Å². The lowest BCUT2D eigenvalue weighted by atomic mass is 10.1. The van der Waals surface area contributed by atoms with Gasteiger partial charge in [-0.15, -0.1) is 0 Å². The summed E-state index contributed by atoms with van der Waals surface area (Å²) in [5.74, 6) is -0.434. The van der Waals surface area contributed by atoms with Gasteiger partial charge in [-0.1, -0.05) is 17.7 Å². The lowest BCUT2D eigenvalue weighted by Crippen LogP contribution is -2.22. The van der Waals surface area contributed by atoms with Crippen molar-refractivity contribution >= 4 is 39.9 Å². The summed E-state index contributed by atoms with van der Waals surface area (Å²) in [6, 6.07) is 10.4. The van der Waals surface area contributed by atoms with Crippen LogP contribution in [0.2, 0.25) is 5.02 Å². The summed E-state index contributed by atoms with van der Waals surface area (Å²) in [7, 11) is 1.43. The van der Waals surface area contributed by atoms with Crippen LogP contribution in [0.15, 0.2) is 64.1 Å². The number of hydrogen-bond acceptors (Lipinski definition) is 6. The van der Waals surface area contributed by atoms with Crippen LogP contribution in [0.4, 0.5) is 24.5 Å². The number of alkyl halides is 3. The smallest absolute Gasteiger partial charge is 0.416 e. The Morgan fingerprint density at radius 2 is 2.00 bits per heavy atom. The molecule has 2 heterocycles. The molecule has 36 heavy (non-hydrogen) atoms. The summed E-state index contributed by atoms with van der Waals surface area (Å²) in [6.07, 6.45) is -3.14. The number of benzene rings is 2. The lowest BCUT2D eigenvalue weighted by molar-refractivity contribution is -0.137. The first-order valence-electron chi connectivity index (χ1n) is 10.5. The zero-order chi connectivity index (χ0) is 26.0. The van der Waals surface area contributed by atoms with Gasteiger partial charge in [0.15, 0.2) is 5.58 Å². The minimum Gasteiger partial charge on any atom is -0.494 e. The van der Waals surface area contributed by atoms with Gasteiger partial charge >= 0.3 is 6.18 Å². The van der Waals surface area contributed by atoms with Crippen LogP contribution < -0.4 is 15.6 Å². The number of halogens is 4. The molecule has 11 heteroatoms.